The third-order valence-corrected chi connectivity index (χ3v) is 5.46. The minimum atomic E-state index is -0.289. The van der Waals surface area contributed by atoms with Crippen LogP contribution < -0.4 is 5.32 Å². The second-order valence-corrected chi connectivity index (χ2v) is 7.11. The van der Waals surface area contributed by atoms with Crippen molar-refractivity contribution in [3.63, 3.8) is 0 Å². The molecule has 8 heteroatoms. The average Bonchev–Trinajstić information content (AvgIpc) is 3.18. The van der Waals surface area contributed by atoms with Gasteiger partial charge in [0.1, 0.15) is 6.33 Å². The predicted octanol–water partition coefficient (Wildman–Crippen LogP) is 2.80. The molecule has 1 heterocycles. The lowest BCUT2D eigenvalue weighted by molar-refractivity contribution is -0.113. The normalized spacial score (nSPS) is 12.5. The molecule has 0 aliphatic heterocycles. The molecule has 140 valence electrons. The number of thioether (sulfide) groups is 1. The van der Waals surface area contributed by atoms with Gasteiger partial charge in [-0.2, -0.15) is 0 Å². The molecule has 1 N–H and O–H groups in total. The number of ketones is 2. The molecule has 4 rings (SSSR count). The molecule has 3 aromatic rings. The van der Waals surface area contributed by atoms with E-state index < -0.39 is 0 Å². The quantitative estimate of drug-likeness (QED) is 0.525. The number of fused-ring (bicyclic) bond motifs is 2. The molecule has 0 bridgehead atoms. The van der Waals surface area contributed by atoms with Gasteiger partial charge in [-0.15, -0.1) is 10.2 Å². The number of hydrogen-bond acceptors (Lipinski definition) is 6. The van der Waals surface area contributed by atoms with E-state index in [0.717, 1.165) is 0 Å². The number of nitrogens with zero attached hydrogens (tertiary/aromatic N) is 3. The number of carbonyl (C=O) groups excluding carboxylic acids is 3. The smallest absolute Gasteiger partial charge is 0.234 e. The number of aromatic nitrogens is 3. The third kappa shape index (κ3) is 3.11. The molecule has 1 aromatic heterocycles. The topological polar surface area (TPSA) is 93.9 Å². The summed E-state index contributed by atoms with van der Waals surface area (Å²) < 4.78 is 1.83. The summed E-state index contributed by atoms with van der Waals surface area (Å²) in [6.07, 6.45) is 1.61. The van der Waals surface area contributed by atoms with Crippen LogP contribution in [-0.2, 0) is 11.3 Å². The first-order valence-corrected chi connectivity index (χ1v) is 9.70. The van der Waals surface area contributed by atoms with Crippen molar-refractivity contribution in [2.45, 2.75) is 18.6 Å². The Morgan fingerprint density at radius 3 is 2.50 bits per heavy atom. The highest BCUT2D eigenvalue weighted by Crippen LogP contribution is 2.32. The molecule has 0 spiro atoms. The zero-order valence-electron chi connectivity index (χ0n) is 15.0. The number of anilines is 1. The molecule has 0 fully saturated rings. The van der Waals surface area contributed by atoms with Crippen LogP contribution in [0.4, 0.5) is 5.69 Å². The Hall–Kier alpha value is -3.26. The Balaban J connectivity index is 1.58. The summed E-state index contributed by atoms with van der Waals surface area (Å²) in [4.78, 5) is 38.2. The number of hydrogen-bond donors (Lipinski definition) is 1. The van der Waals surface area contributed by atoms with Gasteiger partial charge in [-0.1, -0.05) is 48.2 Å². The summed E-state index contributed by atoms with van der Waals surface area (Å²) in [5.41, 5.74) is 1.62. The Morgan fingerprint density at radius 2 is 1.75 bits per heavy atom. The molecule has 0 unspecified atom stereocenters. The molecule has 2 aromatic carbocycles. The summed E-state index contributed by atoms with van der Waals surface area (Å²) >= 11 is 1.26. The maximum atomic E-state index is 13.0. The minimum Gasteiger partial charge on any atom is -0.325 e. The Bertz CT molecular complexity index is 1110. The van der Waals surface area contributed by atoms with E-state index >= 15 is 0 Å². The molecule has 7 nitrogen and oxygen atoms in total. The van der Waals surface area contributed by atoms with Crippen molar-refractivity contribution in [2.24, 2.45) is 0 Å². The summed E-state index contributed by atoms with van der Waals surface area (Å²) in [5.74, 6) is -0.657. The molecule has 0 radical (unpaired) electrons. The third-order valence-electron chi connectivity index (χ3n) is 4.48. The molecular weight excluding hydrogens is 376 g/mol. The van der Waals surface area contributed by atoms with Crippen molar-refractivity contribution in [1.82, 2.24) is 14.8 Å². The standard InChI is InChI=1S/C20H16N4O3S/c1-2-24-11-21-23-20(24)28-10-16(25)22-15-9-5-8-14-17(15)19(27)13-7-4-3-6-12(13)18(14)26/h3-9,11H,2,10H2,1H3,(H,22,25). The van der Waals surface area contributed by atoms with Crippen LogP contribution in [0.1, 0.15) is 38.8 Å². The van der Waals surface area contributed by atoms with Crippen molar-refractivity contribution in [3.8, 4) is 0 Å². The Kier molecular flexibility index (Phi) is 4.79. The molecule has 0 saturated carbocycles. The molecule has 0 saturated heterocycles. The fourth-order valence-electron chi connectivity index (χ4n) is 3.14. The van der Waals surface area contributed by atoms with Crippen molar-refractivity contribution in [1.29, 1.82) is 0 Å². The van der Waals surface area contributed by atoms with Crippen molar-refractivity contribution < 1.29 is 14.4 Å². The highest BCUT2D eigenvalue weighted by atomic mass is 32.2. The van der Waals surface area contributed by atoms with Crippen molar-refractivity contribution in [2.75, 3.05) is 11.1 Å². The van der Waals surface area contributed by atoms with Gasteiger partial charge in [-0.05, 0) is 13.0 Å². The van der Waals surface area contributed by atoms with Gasteiger partial charge >= 0.3 is 0 Å². The van der Waals surface area contributed by atoms with E-state index in [2.05, 4.69) is 15.5 Å². The zero-order chi connectivity index (χ0) is 19.7. The van der Waals surface area contributed by atoms with Gasteiger partial charge < -0.3 is 9.88 Å². The van der Waals surface area contributed by atoms with E-state index in [9.17, 15) is 14.4 Å². The Labute approximate surface area is 165 Å². The van der Waals surface area contributed by atoms with Crippen molar-refractivity contribution in [3.05, 3.63) is 71.0 Å². The van der Waals surface area contributed by atoms with E-state index in [1.807, 2.05) is 11.5 Å². The van der Waals surface area contributed by atoms with Gasteiger partial charge in [0.2, 0.25) is 5.91 Å². The maximum absolute atomic E-state index is 13.0. The van der Waals surface area contributed by atoms with Crippen LogP contribution in [0.2, 0.25) is 0 Å². The predicted molar refractivity (Wildman–Crippen MR) is 105 cm³/mol. The highest BCUT2D eigenvalue weighted by molar-refractivity contribution is 7.99. The van der Waals surface area contributed by atoms with E-state index in [-0.39, 0.29) is 28.8 Å². The number of amides is 1. The molecule has 1 aliphatic carbocycles. The van der Waals surface area contributed by atoms with Crippen LogP contribution in [0, 0.1) is 0 Å². The van der Waals surface area contributed by atoms with Crippen LogP contribution in [-0.4, -0.2) is 38.0 Å². The summed E-state index contributed by atoms with van der Waals surface area (Å²) in [5, 5.41) is 11.2. The zero-order valence-corrected chi connectivity index (χ0v) is 15.8. The number of carbonyl (C=O) groups is 3. The second kappa shape index (κ2) is 7.40. The first-order chi connectivity index (χ1) is 13.6. The Morgan fingerprint density at radius 1 is 1.04 bits per heavy atom. The minimum absolute atomic E-state index is 0.112. The second-order valence-electron chi connectivity index (χ2n) is 6.17. The summed E-state index contributed by atoms with van der Waals surface area (Å²) in [7, 11) is 0. The van der Waals surface area contributed by atoms with E-state index in [0.29, 0.717) is 34.1 Å². The lowest BCUT2D eigenvalue weighted by Gasteiger charge is -2.20. The number of rotatable bonds is 5. The van der Waals surface area contributed by atoms with Crippen LogP contribution >= 0.6 is 11.8 Å². The van der Waals surface area contributed by atoms with Crippen LogP contribution in [0.3, 0.4) is 0 Å². The van der Waals surface area contributed by atoms with Gasteiger partial charge in [0.25, 0.3) is 0 Å². The van der Waals surface area contributed by atoms with Gasteiger partial charge in [-0.3, -0.25) is 14.4 Å². The fraction of sp³-hybridized carbons (Fsp3) is 0.150. The average molecular weight is 392 g/mol. The molecule has 1 amide bonds. The van der Waals surface area contributed by atoms with Gasteiger partial charge in [0.05, 0.1) is 17.0 Å². The van der Waals surface area contributed by atoms with Crippen LogP contribution in [0.5, 0.6) is 0 Å². The molecule has 28 heavy (non-hydrogen) atoms. The molecule has 0 atom stereocenters. The lowest BCUT2D eigenvalue weighted by atomic mass is 9.83. The lowest BCUT2D eigenvalue weighted by Crippen LogP contribution is -2.24. The first kappa shape index (κ1) is 18.1. The van der Waals surface area contributed by atoms with Gasteiger partial charge in [-0.25, -0.2) is 0 Å². The summed E-state index contributed by atoms with van der Waals surface area (Å²) in [6, 6.07) is 11.6. The largest absolute Gasteiger partial charge is 0.325 e. The van der Waals surface area contributed by atoms with E-state index in [4.69, 9.17) is 0 Å². The van der Waals surface area contributed by atoms with Gasteiger partial charge in [0.15, 0.2) is 16.7 Å². The van der Waals surface area contributed by atoms with Crippen LogP contribution in [0.25, 0.3) is 0 Å². The van der Waals surface area contributed by atoms with E-state index in [1.54, 1.807) is 48.8 Å². The monoisotopic (exact) mass is 392 g/mol. The SMILES string of the molecule is CCn1cnnc1SCC(=O)Nc1cccc2c1C(=O)c1ccccc1C2=O. The highest BCUT2D eigenvalue weighted by Gasteiger charge is 2.31. The summed E-state index contributed by atoms with van der Waals surface area (Å²) in [6.45, 7) is 2.67. The molecule has 1 aliphatic rings. The maximum Gasteiger partial charge on any atom is 0.234 e. The number of nitrogens with one attached hydrogen (secondary N) is 1. The number of aryl methyl sites for hydroxylation is 1. The van der Waals surface area contributed by atoms with Gasteiger partial charge in [0, 0.05) is 23.2 Å². The fourth-order valence-corrected chi connectivity index (χ4v) is 3.92. The molecular formula is C20H16N4O3S. The van der Waals surface area contributed by atoms with E-state index in [1.165, 1.54) is 11.8 Å². The van der Waals surface area contributed by atoms with Crippen molar-refractivity contribution >= 4 is 34.9 Å². The van der Waals surface area contributed by atoms with Crippen LogP contribution in [0.15, 0.2) is 53.9 Å². The number of benzene rings is 2. The first-order valence-electron chi connectivity index (χ1n) is 8.72.